The Morgan fingerprint density at radius 1 is 0.905 bits per heavy atom. The van der Waals surface area contributed by atoms with Crippen LogP contribution in [0.4, 0.5) is 0 Å². The largest absolute Gasteiger partial charge is 0.120 e. The normalized spacial score (nSPS) is 20.0. The standard InChI is InChI=1S/C21H40/c1-12-19(9,10)21(14-3,17(6)7)15-20(11,13-2)18(8)16(4)5/h1,16-18H,13-15H2,2-11H3. The topological polar surface area (TPSA) is 0 Å². The molecule has 3 atom stereocenters. The van der Waals surface area contributed by atoms with Gasteiger partial charge >= 0.3 is 0 Å². The van der Waals surface area contributed by atoms with Gasteiger partial charge in [0.15, 0.2) is 0 Å². The van der Waals surface area contributed by atoms with Crippen LogP contribution in [0.15, 0.2) is 0 Å². The third kappa shape index (κ3) is 3.85. The molecule has 0 aliphatic heterocycles. The first kappa shape index (κ1) is 20.6. The maximum atomic E-state index is 5.95. The monoisotopic (exact) mass is 292 g/mol. The molecule has 0 radical (unpaired) electrons. The van der Waals surface area contributed by atoms with E-state index in [1.165, 1.54) is 12.8 Å². The highest BCUT2D eigenvalue weighted by Gasteiger charge is 2.49. The molecule has 0 aromatic carbocycles. The van der Waals surface area contributed by atoms with E-state index in [-0.39, 0.29) is 10.8 Å². The van der Waals surface area contributed by atoms with Crippen molar-refractivity contribution in [2.24, 2.45) is 34.0 Å². The molecule has 0 heteroatoms. The Labute approximate surface area is 135 Å². The molecule has 3 unspecified atom stereocenters. The van der Waals surface area contributed by atoms with Crippen molar-refractivity contribution in [2.45, 2.75) is 88.5 Å². The van der Waals surface area contributed by atoms with Gasteiger partial charge in [-0.05, 0) is 55.3 Å². The summed E-state index contributed by atoms with van der Waals surface area (Å²) in [6.45, 7) is 23.6. The van der Waals surface area contributed by atoms with Crippen molar-refractivity contribution >= 4 is 0 Å². The molecule has 0 heterocycles. The summed E-state index contributed by atoms with van der Waals surface area (Å²) in [5.41, 5.74) is 0.487. The Morgan fingerprint density at radius 2 is 1.38 bits per heavy atom. The minimum Gasteiger partial charge on any atom is -0.120 e. The summed E-state index contributed by atoms with van der Waals surface area (Å²) in [7, 11) is 0. The van der Waals surface area contributed by atoms with E-state index in [9.17, 15) is 0 Å². The fourth-order valence-corrected chi connectivity index (χ4v) is 4.40. The van der Waals surface area contributed by atoms with Crippen LogP contribution in [-0.4, -0.2) is 0 Å². The Morgan fingerprint density at radius 3 is 1.62 bits per heavy atom. The summed E-state index contributed by atoms with van der Waals surface area (Å²) < 4.78 is 0. The molecule has 0 aliphatic rings. The molecule has 0 aromatic rings. The van der Waals surface area contributed by atoms with Crippen LogP contribution in [0.1, 0.15) is 88.5 Å². The van der Waals surface area contributed by atoms with E-state index in [0.29, 0.717) is 23.2 Å². The second-order valence-electron chi connectivity index (χ2n) is 8.65. The van der Waals surface area contributed by atoms with Gasteiger partial charge in [0.05, 0.1) is 0 Å². The van der Waals surface area contributed by atoms with E-state index in [4.69, 9.17) is 6.42 Å². The lowest BCUT2D eigenvalue weighted by molar-refractivity contribution is -0.0289. The second-order valence-corrected chi connectivity index (χ2v) is 8.65. The van der Waals surface area contributed by atoms with Gasteiger partial charge < -0.3 is 0 Å². The molecule has 0 saturated heterocycles. The molecule has 0 saturated carbocycles. The number of rotatable bonds is 8. The minimum atomic E-state index is -0.0664. The van der Waals surface area contributed by atoms with E-state index in [1.54, 1.807) is 0 Å². The van der Waals surface area contributed by atoms with Gasteiger partial charge in [0, 0.05) is 5.41 Å². The van der Waals surface area contributed by atoms with Crippen molar-refractivity contribution in [3.05, 3.63) is 0 Å². The van der Waals surface area contributed by atoms with Gasteiger partial charge in [-0.25, -0.2) is 0 Å². The molecule has 0 bridgehead atoms. The number of hydrogen-bond donors (Lipinski definition) is 0. The molecule has 21 heavy (non-hydrogen) atoms. The van der Waals surface area contributed by atoms with Crippen LogP contribution < -0.4 is 0 Å². The lowest BCUT2D eigenvalue weighted by Gasteiger charge is -2.53. The first-order valence-electron chi connectivity index (χ1n) is 8.91. The quantitative estimate of drug-likeness (QED) is 0.432. The molecule has 0 N–H and O–H groups in total. The van der Waals surface area contributed by atoms with Crippen molar-refractivity contribution in [3.8, 4) is 12.3 Å². The highest BCUT2D eigenvalue weighted by Crippen LogP contribution is 2.57. The summed E-state index contributed by atoms with van der Waals surface area (Å²) >= 11 is 0. The predicted octanol–water partition coefficient (Wildman–Crippen LogP) is 6.80. The average molecular weight is 293 g/mol. The molecular weight excluding hydrogens is 252 g/mol. The zero-order valence-corrected chi connectivity index (χ0v) is 16.4. The molecule has 0 nitrogen and oxygen atoms in total. The zero-order chi connectivity index (χ0) is 17.1. The number of hydrogen-bond acceptors (Lipinski definition) is 0. The van der Waals surface area contributed by atoms with E-state index in [1.807, 2.05) is 0 Å². The fourth-order valence-electron chi connectivity index (χ4n) is 4.40. The Bertz CT molecular complexity index is 355. The average Bonchev–Trinajstić information content (AvgIpc) is 2.42. The van der Waals surface area contributed by atoms with Gasteiger partial charge in [-0.1, -0.05) is 67.7 Å². The van der Waals surface area contributed by atoms with Gasteiger partial charge in [-0.15, -0.1) is 6.42 Å². The molecule has 0 spiro atoms. The Balaban J connectivity index is 5.86. The van der Waals surface area contributed by atoms with Crippen LogP contribution in [0.3, 0.4) is 0 Å². The maximum absolute atomic E-state index is 5.95. The minimum absolute atomic E-state index is 0.0664. The summed E-state index contributed by atoms with van der Waals surface area (Å²) in [6, 6.07) is 0. The molecule has 0 aliphatic carbocycles. The van der Waals surface area contributed by atoms with Crippen molar-refractivity contribution in [2.75, 3.05) is 0 Å². The summed E-state index contributed by atoms with van der Waals surface area (Å²) in [5.74, 6) is 5.15. The van der Waals surface area contributed by atoms with Crippen LogP contribution in [0.2, 0.25) is 0 Å². The number of terminal acetylenes is 1. The lowest BCUT2D eigenvalue weighted by atomic mass is 9.50. The van der Waals surface area contributed by atoms with Crippen LogP contribution in [0.25, 0.3) is 0 Å². The lowest BCUT2D eigenvalue weighted by Crippen LogP contribution is -2.46. The summed E-state index contributed by atoms with van der Waals surface area (Å²) in [5, 5.41) is 0. The predicted molar refractivity (Wildman–Crippen MR) is 97.2 cm³/mol. The van der Waals surface area contributed by atoms with Crippen molar-refractivity contribution in [1.82, 2.24) is 0 Å². The molecular formula is C21H40. The molecule has 0 aromatic heterocycles. The SMILES string of the molecule is C#CC(C)(C)C(CC)(CC(C)(CC)C(C)C(C)C)C(C)C. The second kappa shape index (κ2) is 7.21. The molecule has 0 amide bonds. The first-order chi connectivity index (χ1) is 9.44. The Hall–Kier alpha value is -0.440. The smallest absolute Gasteiger partial charge is 0.0314 e. The van der Waals surface area contributed by atoms with Crippen molar-refractivity contribution in [1.29, 1.82) is 0 Å². The van der Waals surface area contributed by atoms with Crippen LogP contribution in [0.5, 0.6) is 0 Å². The first-order valence-corrected chi connectivity index (χ1v) is 8.91. The third-order valence-corrected chi connectivity index (χ3v) is 6.97. The zero-order valence-electron chi connectivity index (χ0n) is 16.4. The van der Waals surface area contributed by atoms with E-state index >= 15 is 0 Å². The van der Waals surface area contributed by atoms with E-state index in [0.717, 1.165) is 6.42 Å². The van der Waals surface area contributed by atoms with Gasteiger partial charge in [-0.2, -0.15) is 0 Å². The maximum Gasteiger partial charge on any atom is 0.0314 e. The van der Waals surface area contributed by atoms with Gasteiger partial charge in [-0.3, -0.25) is 0 Å². The van der Waals surface area contributed by atoms with Crippen LogP contribution in [-0.2, 0) is 0 Å². The fraction of sp³-hybridized carbons (Fsp3) is 0.905. The van der Waals surface area contributed by atoms with Gasteiger partial charge in [0.2, 0.25) is 0 Å². The molecule has 124 valence electrons. The summed E-state index contributed by atoms with van der Waals surface area (Å²) in [4.78, 5) is 0. The van der Waals surface area contributed by atoms with Gasteiger partial charge in [0.1, 0.15) is 0 Å². The van der Waals surface area contributed by atoms with E-state index in [2.05, 4.69) is 75.2 Å². The summed E-state index contributed by atoms with van der Waals surface area (Å²) in [6.07, 6.45) is 9.55. The van der Waals surface area contributed by atoms with Crippen LogP contribution >= 0.6 is 0 Å². The Kier molecular flexibility index (Phi) is 7.06. The highest BCUT2D eigenvalue weighted by molar-refractivity contribution is 5.12. The third-order valence-electron chi connectivity index (χ3n) is 6.97. The highest BCUT2D eigenvalue weighted by atomic mass is 14.5. The van der Waals surface area contributed by atoms with Crippen LogP contribution in [0, 0.1) is 46.3 Å². The van der Waals surface area contributed by atoms with E-state index < -0.39 is 0 Å². The molecule has 0 rings (SSSR count). The van der Waals surface area contributed by atoms with Gasteiger partial charge in [0.25, 0.3) is 0 Å². The van der Waals surface area contributed by atoms with Crippen molar-refractivity contribution < 1.29 is 0 Å². The molecule has 0 fully saturated rings. The van der Waals surface area contributed by atoms with Crippen molar-refractivity contribution in [3.63, 3.8) is 0 Å².